The van der Waals surface area contributed by atoms with E-state index in [4.69, 9.17) is 9.15 Å². The summed E-state index contributed by atoms with van der Waals surface area (Å²) in [7, 11) is 0. The molecule has 0 spiro atoms. The monoisotopic (exact) mass is 440 g/mol. The van der Waals surface area contributed by atoms with Crippen LogP contribution in [0.5, 0.6) is 5.75 Å². The summed E-state index contributed by atoms with van der Waals surface area (Å²) in [6.45, 7) is 2.50. The van der Waals surface area contributed by atoms with Crippen molar-refractivity contribution < 1.29 is 13.9 Å². The van der Waals surface area contributed by atoms with E-state index in [1.807, 2.05) is 91.2 Å². The number of hydrogen-bond donors (Lipinski definition) is 1. The van der Waals surface area contributed by atoms with Gasteiger partial charge in [-0.15, -0.1) is 11.3 Å². The van der Waals surface area contributed by atoms with Gasteiger partial charge in [-0.3, -0.25) is 10.1 Å². The zero-order valence-corrected chi connectivity index (χ0v) is 18.2. The Kier molecular flexibility index (Phi) is 5.44. The number of aromatic nitrogens is 1. The van der Waals surface area contributed by atoms with E-state index in [1.54, 1.807) is 0 Å². The number of carbonyl (C=O) groups excluding carboxylic acids is 1. The van der Waals surface area contributed by atoms with E-state index in [0.717, 1.165) is 16.5 Å². The lowest BCUT2D eigenvalue weighted by Gasteiger charge is -2.04. The maximum absolute atomic E-state index is 12.7. The zero-order chi connectivity index (χ0) is 21.9. The molecule has 0 bridgehead atoms. The Bertz CT molecular complexity index is 1370. The van der Waals surface area contributed by atoms with E-state index < -0.39 is 0 Å². The van der Waals surface area contributed by atoms with Crippen LogP contribution in [0, 0.1) is 0 Å². The van der Waals surface area contributed by atoms with E-state index in [-0.39, 0.29) is 5.91 Å². The minimum absolute atomic E-state index is 0.200. The highest BCUT2D eigenvalue weighted by Gasteiger charge is 2.15. The molecule has 5 rings (SSSR count). The summed E-state index contributed by atoms with van der Waals surface area (Å²) in [5, 5.41) is 6.21. The smallest absolute Gasteiger partial charge is 0.257 e. The van der Waals surface area contributed by atoms with Crippen LogP contribution in [0.2, 0.25) is 0 Å². The Balaban J connectivity index is 1.32. The second-order valence-electron chi connectivity index (χ2n) is 7.15. The summed E-state index contributed by atoms with van der Waals surface area (Å²) < 4.78 is 11.6. The number of nitrogens with zero attached hydrogens (tertiary/aromatic N) is 1. The lowest BCUT2D eigenvalue weighted by molar-refractivity contribution is 0.102. The van der Waals surface area contributed by atoms with Crippen molar-refractivity contribution in [2.24, 2.45) is 0 Å². The van der Waals surface area contributed by atoms with Crippen molar-refractivity contribution >= 4 is 33.3 Å². The molecular formula is C26H20N2O3S. The number of amides is 1. The molecule has 5 nitrogen and oxygen atoms in total. The molecule has 32 heavy (non-hydrogen) atoms. The van der Waals surface area contributed by atoms with Crippen LogP contribution >= 0.6 is 11.3 Å². The minimum Gasteiger partial charge on any atom is -0.490 e. The molecule has 1 amide bonds. The summed E-state index contributed by atoms with van der Waals surface area (Å²) in [5.41, 5.74) is 4.12. The molecule has 0 saturated heterocycles. The number of nitrogens with one attached hydrogen (secondary N) is 1. The predicted molar refractivity (Wildman–Crippen MR) is 128 cm³/mol. The van der Waals surface area contributed by atoms with Gasteiger partial charge in [0.1, 0.15) is 5.69 Å². The average Bonchev–Trinajstić information content (AvgIpc) is 3.47. The Labute approximate surface area is 189 Å². The molecule has 6 heteroatoms. The number of ether oxygens (including phenoxy) is 1. The van der Waals surface area contributed by atoms with Gasteiger partial charge in [-0.2, -0.15) is 0 Å². The van der Waals surface area contributed by atoms with Gasteiger partial charge >= 0.3 is 0 Å². The van der Waals surface area contributed by atoms with Crippen LogP contribution in [0.4, 0.5) is 5.13 Å². The topological polar surface area (TPSA) is 64.4 Å². The van der Waals surface area contributed by atoms with E-state index >= 15 is 0 Å². The fourth-order valence-corrected chi connectivity index (χ4v) is 4.18. The van der Waals surface area contributed by atoms with Crippen LogP contribution in [0.25, 0.3) is 33.6 Å². The molecule has 1 N–H and O–H groups in total. The molecule has 0 aliphatic carbocycles. The van der Waals surface area contributed by atoms with Crippen LogP contribution < -0.4 is 10.1 Å². The largest absolute Gasteiger partial charge is 0.490 e. The molecule has 158 valence electrons. The highest BCUT2D eigenvalue weighted by Crippen LogP contribution is 2.34. The molecule has 3 aromatic carbocycles. The van der Waals surface area contributed by atoms with Gasteiger partial charge in [-0.05, 0) is 42.3 Å². The average molecular weight is 441 g/mol. The number of carbonyl (C=O) groups is 1. The van der Waals surface area contributed by atoms with Gasteiger partial charge < -0.3 is 9.15 Å². The summed E-state index contributed by atoms with van der Waals surface area (Å²) in [6.07, 6.45) is 0. The predicted octanol–water partition coefficient (Wildman–Crippen LogP) is 6.87. The molecular weight excluding hydrogens is 420 g/mol. The van der Waals surface area contributed by atoms with Crippen LogP contribution in [-0.2, 0) is 0 Å². The molecule has 5 aromatic rings. The SMILES string of the molecule is CCOc1cccc2cc(-c3csc(NC(=O)c4ccc(-c5ccccc5)cc4)n3)oc12. The number of anilines is 1. The second kappa shape index (κ2) is 8.69. The Morgan fingerprint density at radius 1 is 1.00 bits per heavy atom. The lowest BCUT2D eigenvalue weighted by Crippen LogP contribution is -2.11. The van der Waals surface area contributed by atoms with Crippen molar-refractivity contribution in [3.63, 3.8) is 0 Å². The molecule has 2 aromatic heterocycles. The molecule has 0 aliphatic heterocycles. The molecule has 0 aliphatic rings. The quantitative estimate of drug-likeness (QED) is 0.313. The number of rotatable bonds is 6. The van der Waals surface area contributed by atoms with Crippen molar-refractivity contribution in [3.05, 3.63) is 89.8 Å². The third-order valence-electron chi connectivity index (χ3n) is 5.04. The molecule has 0 saturated carbocycles. The van der Waals surface area contributed by atoms with Crippen molar-refractivity contribution in [2.75, 3.05) is 11.9 Å². The van der Waals surface area contributed by atoms with Crippen molar-refractivity contribution in [1.29, 1.82) is 0 Å². The van der Waals surface area contributed by atoms with E-state index in [2.05, 4.69) is 10.3 Å². The number of hydrogen-bond acceptors (Lipinski definition) is 5. The van der Waals surface area contributed by atoms with Crippen LogP contribution in [0.1, 0.15) is 17.3 Å². The van der Waals surface area contributed by atoms with Gasteiger partial charge in [0.05, 0.1) is 6.61 Å². The summed E-state index contributed by atoms with van der Waals surface area (Å²) in [5.74, 6) is 1.14. The molecule has 0 fully saturated rings. The standard InChI is InChI=1S/C26H20N2O3S/c1-2-30-22-10-6-9-20-15-23(31-24(20)22)21-16-32-26(27-21)28-25(29)19-13-11-18(12-14-19)17-7-4-3-5-8-17/h3-16H,2H2,1H3,(H,27,28,29). The van der Waals surface area contributed by atoms with Gasteiger partial charge in [-0.25, -0.2) is 4.98 Å². The van der Waals surface area contributed by atoms with Crippen molar-refractivity contribution in [2.45, 2.75) is 6.92 Å². The van der Waals surface area contributed by atoms with Gasteiger partial charge in [0, 0.05) is 16.3 Å². The Morgan fingerprint density at radius 3 is 2.56 bits per heavy atom. The van der Waals surface area contributed by atoms with Crippen LogP contribution in [0.15, 0.2) is 88.7 Å². The third-order valence-corrected chi connectivity index (χ3v) is 5.80. The maximum atomic E-state index is 12.7. The van der Waals surface area contributed by atoms with Crippen molar-refractivity contribution in [3.8, 4) is 28.3 Å². The Hall–Kier alpha value is -3.90. The fourth-order valence-electron chi connectivity index (χ4n) is 3.49. The normalized spacial score (nSPS) is 10.9. The maximum Gasteiger partial charge on any atom is 0.257 e. The lowest BCUT2D eigenvalue weighted by atomic mass is 10.0. The highest BCUT2D eigenvalue weighted by molar-refractivity contribution is 7.14. The second-order valence-corrected chi connectivity index (χ2v) is 8.01. The van der Waals surface area contributed by atoms with Gasteiger partial charge in [0.25, 0.3) is 5.91 Å². The number of para-hydroxylation sites is 1. The number of furan rings is 1. The minimum atomic E-state index is -0.200. The first-order valence-corrected chi connectivity index (χ1v) is 11.2. The third kappa shape index (κ3) is 4.00. The number of benzene rings is 3. The fraction of sp³-hybridized carbons (Fsp3) is 0.0769. The summed E-state index contributed by atoms with van der Waals surface area (Å²) in [4.78, 5) is 17.2. The molecule has 2 heterocycles. The highest BCUT2D eigenvalue weighted by atomic mass is 32.1. The van der Waals surface area contributed by atoms with Gasteiger partial charge in [-0.1, -0.05) is 54.6 Å². The van der Waals surface area contributed by atoms with E-state index in [0.29, 0.717) is 40.1 Å². The summed E-state index contributed by atoms with van der Waals surface area (Å²) in [6, 6.07) is 25.3. The molecule has 0 atom stereocenters. The van der Waals surface area contributed by atoms with Crippen LogP contribution in [0.3, 0.4) is 0 Å². The van der Waals surface area contributed by atoms with Crippen molar-refractivity contribution in [1.82, 2.24) is 4.98 Å². The van der Waals surface area contributed by atoms with Gasteiger partial charge in [0.15, 0.2) is 22.2 Å². The van der Waals surface area contributed by atoms with Gasteiger partial charge in [0.2, 0.25) is 0 Å². The summed E-state index contributed by atoms with van der Waals surface area (Å²) >= 11 is 1.36. The molecule has 0 unspecified atom stereocenters. The zero-order valence-electron chi connectivity index (χ0n) is 17.4. The van der Waals surface area contributed by atoms with E-state index in [1.165, 1.54) is 11.3 Å². The van der Waals surface area contributed by atoms with Crippen LogP contribution in [-0.4, -0.2) is 17.5 Å². The number of fused-ring (bicyclic) bond motifs is 1. The molecule has 0 radical (unpaired) electrons. The van der Waals surface area contributed by atoms with E-state index in [9.17, 15) is 4.79 Å². The first-order chi connectivity index (χ1) is 15.7. The first-order valence-electron chi connectivity index (χ1n) is 10.3. The number of thiazole rings is 1. The Morgan fingerprint density at radius 2 is 1.78 bits per heavy atom. The first kappa shape index (κ1) is 20.0.